The Morgan fingerprint density at radius 2 is 1.91 bits per heavy atom. The Hall–Kier alpha value is -1.82. The van der Waals surface area contributed by atoms with Crippen LogP contribution in [0, 0.1) is 0 Å². The van der Waals surface area contributed by atoms with Gasteiger partial charge < -0.3 is 10.1 Å². The Kier molecular flexibility index (Phi) is 5.60. The number of hydrogen-bond acceptors (Lipinski definition) is 3. The average molecular weight is 355 g/mol. The Bertz CT molecular complexity index is 722. The number of anilines is 1. The third-order valence-electron chi connectivity index (χ3n) is 2.76. The molecule has 1 amide bonds. The summed E-state index contributed by atoms with van der Waals surface area (Å²) in [4.78, 5) is 12.1. The van der Waals surface area contributed by atoms with Gasteiger partial charge in [0.2, 0.25) is 0 Å². The molecule has 0 heterocycles. The van der Waals surface area contributed by atoms with Crippen molar-refractivity contribution in [2.45, 2.75) is 0 Å². The molecule has 2 rings (SSSR count). The van der Waals surface area contributed by atoms with Gasteiger partial charge in [-0.05, 0) is 42.5 Å². The molecule has 2 N–H and O–H groups in total. The maximum Gasteiger partial charge on any atom is 0.258 e. The van der Waals surface area contributed by atoms with E-state index in [9.17, 15) is 4.79 Å². The highest BCUT2D eigenvalue weighted by Crippen LogP contribution is 2.23. The minimum atomic E-state index is -0.422. The van der Waals surface area contributed by atoms with E-state index in [1.165, 1.54) is 12.1 Å². The second-order valence-corrected chi connectivity index (χ2v) is 5.48. The van der Waals surface area contributed by atoms with Crippen molar-refractivity contribution in [1.29, 1.82) is 0 Å². The van der Waals surface area contributed by atoms with Gasteiger partial charge in [0.25, 0.3) is 5.91 Å². The van der Waals surface area contributed by atoms with Crippen LogP contribution in [0.2, 0.25) is 10.0 Å². The first-order valence-electron chi connectivity index (χ1n) is 6.21. The molecule has 4 nitrogen and oxygen atoms in total. The molecule has 0 bridgehead atoms. The van der Waals surface area contributed by atoms with Gasteiger partial charge in [-0.25, -0.2) is 0 Å². The fourth-order valence-electron chi connectivity index (χ4n) is 1.75. The fourth-order valence-corrected chi connectivity index (χ4v) is 2.44. The van der Waals surface area contributed by atoms with Crippen LogP contribution in [0.1, 0.15) is 10.4 Å². The smallest absolute Gasteiger partial charge is 0.258 e. The second-order valence-electron chi connectivity index (χ2n) is 4.23. The number of carbonyl (C=O) groups excluding carboxylic acids is 1. The van der Waals surface area contributed by atoms with Crippen molar-refractivity contribution in [3.05, 3.63) is 58.1 Å². The van der Waals surface area contributed by atoms with Crippen LogP contribution in [0.3, 0.4) is 0 Å². The molecular weight excluding hydrogens is 343 g/mol. The minimum Gasteiger partial charge on any atom is -0.495 e. The Morgan fingerprint density at radius 3 is 2.59 bits per heavy atom. The molecule has 0 saturated carbocycles. The van der Waals surface area contributed by atoms with Crippen molar-refractivity contribution in [3.63, 3.8) is 0 Å². The molecular formula is C15H12Cl2N2O2S. The highest BCUT2D eigenvalue weighted by atomic mass is 35.5. The molecule has 0 saturated heterocycles. The molecule has 0 aliphatic rings. The van der Waals surface area contributed by atoms with Crippen molar-refractivity contribution in [2.24, 2.45) is 0 Å². The van der Waals surface area contributed by atoms with Gasteiger partial charge in [0.05, 0.1) is 23.4 Å². The van der Waals surface area contributed by atoms with Gasteiger partial charge in [-0.1, -0.05) is 35.3 Å². The molecule has 114 valence electrons. The first-order valence-corrected chi connectivity index (χ1v) is 7.38. The number of para-hydroxylation sites is 2. The number of hydrogen-bond donors (Lipinski definition) is 2. The van der Waals surface area contributed by atoms with Gasteiger partial charge in [0, 0.05) is 5.02 Å². The summed E-state index contributed by atoms with van der Waals surface area (Å²) in [6, 6.07) is 11.8. The normalized spacial score (nSPS) is 9.95. The summed E-state index contributed by atoms with van der Waals surface area (Å²) in [6.45, 7) is 0. The first kappa shape index (κ1) is 16.5. The van der Waals surface area contributed by atoms with E-state index in [0.717, 1.165) is 0 Å². The number of rotatable bonds is 3. The number of methoxy groups -OCH3 is 1. The van der Waals surface area contributed by atoms with E-state index in [4.69, 9.17) is 40.2 Å². The van der Waals surface area contributed by atoms with E-state index >= 15 is 0 Å². The topological polar surface area (TPSA) is 50.4 Å². The molecule has 0 unspecified atom stereocenters. The summed E-state index contributed by atoms with van der Waals surface area (Å²) in [5.74, 6) is 0.192. The number of thiocarbonyl (C=S) groups is 1. The van der Waals surface area contributed by atoms with Crippen LogP contribution in [-0.4, -0.2) is 18.1 Å². The van der Waals surface area contributed by atoms with E-state index < -0.39 is 5.91 Å². The number of amides is 1. The lowest BCUT2D eigenvalue weighted by atomic mass is 10.2. The molecule has 0 atom stereocenters. The van der Waals surface area contributed by atoms with Crippen molar-refractivity contribution in [1.82, 2.24) is 5.32 Å². The van der Waals surface area contributed by atoms with Gasteiger partial charge in [0.15, 0.2) is 5.11 Å². The van der Waals surface area contributed by atoms with E-state index in [-0.39, 0.29) is 15.7 Å². The lowest BCUT2D eigenvalue weighted by molar-refractivity contribution is 0.0978. The molecule has 2 aromatic carbocycles. The van der Waals surface area contributed by atoms with Gasteiger partial charge in [-0.15, -0.1) is 0 Å². The van der Waals surface area contributed by atoms with E-state index in [0.29, 0.717) is 16.5 Å². The highest BCUT2D eigenvalue weighted by molar-refractivity contribution is 7.80. The van der Waals surface area contributed by atoms with E-state index in [2.05, 4.69) is 10.6 Å². The lowest BCUT2D eigenvalue weighted by Gasteiger charge is -2.13. The predicted octanol–water partition coefficient (Wildman–Crippen LogP) is 4.13. The largest absolute Gasteiger partial charge is 0.495 e. The maximum absolute atomic E-state index is 12.1. The second kappa shape index (κ2) is 7.45. The van der Waals surface area contributed by atoms with E-state index in [1.54, 1.807) is 25.3 Å². The number of halogens is 2. The summed E-state index contributed by atoms with van der Waals surface area (Å²) >= 11 is 16.9. The van der Waals surface area contributed by atoms with Crippen molar-refractivity contribution in [2.75, 3.05) is 12.4 Å². The lowest BCUT2D eigenvalue weighted by Crippen LogP contribution is -2.34. The van der Waals surface area contributed by atoms with Gasteiger partial charge in [-0.3, -0.25) is 10.1 Å². The van der Waals surface area contributed by atoms with Crippen LogP contribution in [0.15, 0.2) is 42.5 Å². The van der Waals surface area contributed by atoms with Crippen LogP contribution in [-0.2, 0) is 0 Å². The van der Waals surface area contributed by atoms with Crippen LogP contribution < -0.4 is 15.4 Å². The quantitative estimate of drug-likeness (QED) is 0.813. The van der Waals surface area contributed by atoms with Crippen molar-refractivity contribution < 1.29 is 9.53 Å². The van der Waals surface area contributed by atoms with Crippen LogP contribution >= 0.6 is 35.4 Å². The standard InChI is InChI=1S/C15H12Cl2N2O2S/c1-21-13-5-3-2-4-12(13)18-15(22)19-14(20)10-7-6-9(16)8-11(10)17/h2-8H,1H3,(H2,18,19,20,22). The van der Waals surface area contributed by atoms with Crippen LogP contribution in [0.5, 0.6) is 5.75 Å². The minimum absolute atomic E-state index is 0.139. The molecule has 0 aliphatic carbocycles. The summed E-state index contributed by atoms with van der Waals surface area (Å²) < 4.78 is 5.20. The van der Waals surface area contributed by atoms with Gasteiger partial charge in [-0.2, -0.15) is 0 Å². The summed E-state index contributed by atoms with van der Waals surface area (Å²) in [5.41, 5.74) is 0.938. The summed E-state index contributed by atoms with van der Waals surface area (Å²) in [7, 11) is 1.55. The molecule has 0 aliphatic heterocycles. The maximum atomic E-state index is 12.1. The van der Waals surface area contributed by atoms with Crippen molar-refractivity contribution in [3.8, 4) is 5.75 Å². The monoisotopic (exact) mass is 354 g/mol. The van der Waals surface area contributed by atoms with Gasteiger partial charge >= 0.3 is 0 Å². The number of nitrogens with one attached hydrogen (secondary N) is 2. The summed E-state index contributed by atoms with van der Waals surface area (Å²) in [5, 5.41) is 6.30. The Labute approximate surface area is 143 Å². The number of ether oxygens (including phenoxy) is 1. The molecule has 22 heavy (non-hydrogen) atoms. The zero-order valence-corrected chi connectivity index (χ0v) is 13.9. The Balaban J connectivity index is 2.07. The van der Waals surface area contributed by atoms with Gasteiger partial charge in [0.1, 0.15) is 5.75 Å². The van der Waals surface area contributed by atoms with E-state index in [1.807, 2.05) is 12.1 Å². The highest BCUT2D eigenvalue weighted by Gasteiger charge is 2.13. The molecule has 7 heteroatoms. The Morgan fingerprint density at radius 1 is 1.18 bits per heavy atom. The SMILES string of the molecule is COc1ccccc1NC(=S)NC(=O)c1ccc(Cl)cc1Cl. The molecule has 0 spiro atoms. The first-order chi connectivity index (χ1) is 10.5. The zero-order valence-electron chi connectivity index (χ0n) is 11.5. The van der Waals surface area contributed by atoms with Crippen LogP contribution in [0.25, 0.3) is 0 Å². The summed E-state index contributed by atoms with van der Waals surface area (Å²) in [6.07, 6.45) is 0. The average Bonchev–Trinajstić information content (AvgIpc) is 2.47. The zero-order chi connectivity index (χ0) is 16.1. The van der Waals surface area contributed by atoms with Crippen molar-refractivity contribution >= 4 is 52.1 Å². The molecule has 0 aromatic heterocycles. The molecule has 0 radical (unpaired) electrons. The molecule has 2 aromatic rings. The molecule has 0 fully saturated rings. The predicted molar refractivity (Wildman–Crippen MR) is 93.1 cm³/mol. The third-order valence-corrected chi connectivity index (χ3v) is 3.51. The number of carbonyl (C=O) groups is 1. The number of benzene rings is 2. The fraction of sp³-hybridized carbons (Fsp3) is 0.0667. The van der Waals surface area contributed by atoms with Crippen LogP contribution in [0.4, 0.5) is 5.69 Å². The third kappa shape index (κ3) is 4.10.